The van der Waals surface area contributed by atoms with Crippen LogP contribution in [0.5, 0.6) is 0 Å². The minimum atomic E-state index is 0. The van der Waals surface area contributed by atoms with Crippen molar-refractivity contribution < 1.29 is 0 Å². The average molecular weight is 1370 g/mol. The molecule has 0 aliphatic rings. The van der Waals surface area contributed by atoms with E-state index in [0.717, 1.165) is 0 Å². The van der Waals surface area contributed by atoms with Gasteiger partial charge in [-0.05, 0) is 0 Å². The Labute approximate surface area is 634 Å². The van der Waals surface area contributed by atoms with Crippen molar-refractivity contribution in [2.24, 2.45) is 0 Å². The van der Waals surface area contributed by atoms with Gasteiger partial charge in [0.1, 0.15) is 0 Å². The van der Waals surface area contributed by atoms with Crippen molar-refractivity contribution in [3.8, 4) is 0 Å². The summed E-state index contributed by atoms with van der Waals surface area (Å²) >= 11 is 14.3. The standard InChI is InChI=1S/4CH3B.68CH4.4BS/c4*1-2;;;;;;;;;;;;;;;;;;;;;;;;;;;;;;;;;;;;;;;;;;;;;;;;;;;;;;;;;;;;;;;;;;;;;4*1-2/h4*1H3;68*1H4;;;;. The van der Waals surface area contributed by atoms with Gasteiger partial charge >= 0.3 is 75.1 Å². The molecule has 12 heteroatoms. The number of hydrogen-bond donors (Lipinski definition) is 0. The number of hydrogen-bond acceptors (Lipinski definition) is 4. The van der Waals surface area contributed by atoms with Crippen LogP contribution >= 0.6 is 48.2 Å². The van der Waals surface area contributed by atoms with Crippen LogP contribution in [0.25, 0.3) is 0 Å². The van der Waals surface area contributed by atoms with Crippen molar-refractivity contribution in [3.63, 3.8) is 0 Å². The van der Waals surface area contributed by atoms with Crippen LogP contribution in [0.2, 0.25) is 27.3 Å². The molecule has 0 bridgehead atoms. The second kappa shape index (κ2) is 300000. The fraction of sp³-hybridized carbons (Fsp3) is 1.00. The second-order valence-electron chi connectivity index (χ2n) is 0. The molecule has 0 aromatic rings. The van der Waals surface area contributed by atoms with Gasteiger partial charge in [0.2, 0.25) is 0 Å². The van der Waals surface area contributed by atoms with Crippen molar-refractivity contribution in [3.05, 3.63) is 0 Å². The van der Waals surface area contributed by atoms with Crippen LogP contribution in [-0.2, 0) is 0 Å². The molecule has 0 saturated carbocycles. The van der Waals surface area contributed by atoms with Gasteiger partial charge in [0.05, 0.1) is 31.4 Å². The van der Waals surface area contributed by atoms with Gasteiger partial charge in [-0.1, -0.05) is 532 Å². The first kappa shape index (κ1) is 6890. The molecule has 0 atom stereocenters. The van der Waals surface area contributed by atoms with Gasteiger partial charge in [-0.25, -0.2) is 0 Å². The van der Waals surface area contributed by atoms with Crippen LogP contribution in [0.15, 0.2) is 0 Å². The van der Waals surface area contributed by atoms with Gasteiger partial charge in [0.25, 0.3) is 0 Å². The van der Waals surface area contributed by atoms with Gasteiger partial charge < -0.3 is 0 Å². The second-order valence-corrected chi connectivity index (χ2v) is 0. The molecule has 0 heterocycles. The Hall–Kier alpha value is 1.40. The van der Waals surface area contributed by atoms with E-state index < -0.39 is 0 Å². The minimum absolute atomic E-state index is 0. The Balaban J connectivity index is -0.000000000105. The van der Waals surface area contributed by atoms with Crippen LogP contribution < -0.4 is 0 Å². The van der Waals surface area contributed by atoms with E-state index in [-0.39, 0.29) is 505 Å². The van der Waals surface area contributed by atoms with E-state index in [1.54, 1.807) is 0 Å². The molecule has 0 rings (SSSR count). The fourth-order valence-electron chi connectivity index (χ4n) is 0. The molecule has 12 radical (unpaired) electrons. The molecule has 0 nitrogen and oxygen atoms in total. The molecule has 0 unspecified atom stereocenters. The zero-order chi connectivity index (χ0) is 16.0. The maximum atomic E-state index is 4.50. The Bertz CT molecular complexity index is 68.7. The molecule has 0 aromatic heterocycles. The SMILES string of the molecule is C.C.C.C.C.C.C.C.C.C.C.C.C.C.C.C.C.C.C.C.C.C.C.C.C.C.C.C.C.C.C.C.C.C.C.C.C.C.C.C.C.C.C.C.C.C.C.C.C.C.C.C.C.C.C.C.C.C.C.C.C.C.C.C.C.C.C.C.[B]=S.[B]=S.[B]=S.[B]=S.[B]C.[B]C.[B]C.[B]C. The molecule has 0 amide bonds. The Kier molecular flexibility index (Phi) is 24600000. The summed E-state index contributed by atoms with van der Waals surface area (Å²) in [5.74, 6) is 0. The zero-order valence-electron chi connectivity index (χ0n) is 10.3. The molecule has 0 spiro atoms. The van der Waals surface area contributed by atoms with Crippen molar-refractivity contribution >= 4 is 106 Å². The Morgan fingerprint density at radius 1 is 0.0714 bits per heavy atom. The molecule has 0 N–H and O–H groups in total. The van der Waals surface area contributed by atoms with E-state index in [2.05, 4.69) is 106 Å². The van der Waals surface area contributed by atoms with Crippen LogP contribution in [0.1, 0.15) is 505 Å². The summed E-state index contributed by atoms with van der Waals surface area (Å²) in [6.45, 7) is 22.3. The molecular formula is C72H284B8S4. The molecular weight excluding hydrogens is 1080 g/mol. The smallest absolute Gasteiger partial charge is 0.0606 e. The molecule has 0 aliphatic carbocycles. The predicted octanol–water partition coefficient (Wildman–Crippen LogP) is 45.1. The van der Waals surface area contributed by atoms with E-state index in [1.807, 2.05) is 0 Å². The monoisotopic (exact) mass is 1370 g/mol. The first-order valence-electron chi connectivity index (χ1n) is 3.25. The van der Waals surface area contributed by atoms with Crippen molar-refractivity contribution in [1.82, 2.24) is 0 Å². The summed E-state index contributed by atoms with van der Waals surface area (Å²) in [4.78, 5) is 0. The minimum Gasteiger partial charge on any atom is -0.0999 e. The molecule has 0 aromatic carbocycles. The third-order valence-electron chi connectivity index (χ3n) is 0. The van der Waals surface area contributed by atoms with Crippen molar-refractivity contribution in [2.45, 2.75) is 532 Å². The van der Waals surface area contributed by atoms with Crippen LogP contribution in [0.3, 0.4) is 0 Å². The summed E-state index contributed by atoms with van der Waals surface area (Å²) in [5, 5.41) is 0. The molecule has 0 aliphatic heterocycles. The molecule has 84 heavy (non-hydrogen) atoms. The summed E-state index contributed by atoms with van der Waals surface area (Å²) in [7, 11) is 18.0. The fourth-order valence-corrected chi connectivity index (χ4v) is 0. The summed E-state index contributed by atoms with van der Waals surface area (Å²) in [6.07, 6.45) is 0. The quantitative estimate of drug-likeness (QED) is 0.222. The van der Waals surface area contributed by atoms with Gasteiger partial charge in [0.15, 0.2) is 0 Å². The topological polar surface area (TPSA) is 0 Å². The van der Waals surface area contributed by atoms with Crippen molar-refractivity contribution in [1.29, 1.82) is 0 Å². The Morgan fingerprint density at radius 3 is 0.0714 bits per heavy atom. The van der Waals surface area contributed by atoms with E-state index >= 15 is 0 Å². The zero-order valence-corrected chi connectivity index (χ0v) is 13.5. The summed E-state index contributed by atoms with van der Waals surface area (Å²) in [6, 6.07) is 0. The molecule has 0 saturated heterocycles. The first-order valence-corrected chi connectivity index (χ1v) is 5.14. The van der Waals surface area contributed by atoms with Crippen LogP contribution in [-0.4, -0.2) is 58.3 Å². The third kappa shape index (κ3) is 289000. The van der Waals surface area contributed by atoms with E-state index in [1.165, 1.54) is 27.3 Å². The summed E-state index contributed by atoms with van der Waals surface area (Å²) in [5.41, 5.74) is 0. The van der Waals surface area contributed by atoms with Gasteiger partial charge in [0, 0.05) is 0 Å². The normalized spacial score (nSPS) is 0.381. The van der Waals surface area contributed by atoms with E-state index in [0.29, 0.717) is 0 Å². The van der Waals surface area contributed by atoms with Crippen LogP contribution in [0.4, 0.5) is 0 Å². The van der Waals surface area contributed by atoms with E-state index in [9.17, 15) is 0 Å². The summed E-state index contributed by atoms with van der Waals surface area (Å²) < 4.78 is 0. The van der Waals surface area contributed by atoms with Gasteiger partial charge in [-0.2, -0.15) is 0 Å². The van der Waals surface area contributed by atoms with Gasteiger partial charge in [-0.3, -0.25) is 0 Å². The third-order valence-corrected chi connectivity index (χ3v) is 0. The van der Waals surface area contributed by atoms with Crippen molar-refractivity contribution in [2.75, 3.05) is 0 Å². The first-order chi connectivity index (χ1) is 8.00. The predicted molar refractivity (Wildman–Crippen MR) is 558 cm³/mol. The maximum Gasteiger partial charge on any atom is 0.0606 e. The molecule has 620 valence electrons. The van der Waals surface area contributed by atoms with Crippen LogP contribution in [0, 0.1) is 0 Å². The number of rotatable bonds is 0. The van der Waals surface area contributed by atoms with Gasteiger partial charge in [-0.15, -0.1) is 0 Å². The largest absolute Gasteiger partial charge is 0.0999 e. The maximum absolute atomic E-state index is 4.50. The van der Waals surface area contributed by atoms with E-state index in [4.69, 9.17) is 0 Å². The Morgan fingerprint density at radius 2 is 0.0714 bits per heavy atom. The average Bonchev–Trinajstić information content (AvgIpc) is 2.54. The molecule has 0 fully saturated rings.